The minimum atomic E-state index is -2.44. The molecule has 0 radical (unpaired) electrons. The highest BCUT2D eigenvalue weighted by Crippen LogP contribution is 2.31. The number of alkyl halides is 2. The summed E-state index contributed by atoms with van der Waals surface area (Å²) in [6.45, 7) is 0. The van der Waals surface area contributed by atoms with Crippen molar-refractivity contribution < 1.29 is 8.78 Å². The van der Waals surface area contributed by atoms with E-state index >= 15 is 0 Å². The van der Waals surface area contributed by atoms with Crippen LogP contribution < -0.4 is 4.90 Å². The summed E-state index contributed by atoms with van der Waals surface area (Å²) in [5.41, 5.74) is 0.609. The Kier molecular flexibility index (Phi) is 3.25. The Balaban J connectivity index is 3.19. The van der Waals surface area contributed by atoms with E-state index in [9.17, 15) is 8.78 Å². The van der Waals surface area contributed by atoms with Crippen molar-refractivity contribution in [2.75, 3.05) is 19.0 Å². The van der Waals surface area contributed by atoms with Crippen molar-refractivity contribution in [2.24, 2.45) is 0 Å². The van der Waals surface area contributed by atoms with E-state index in [0.29, 0.717) is 10.2 Å². The first-order valence-electron chi connectivity index (χ1n) is 3.77. The average Bonchev–Trinajstić information content (AvgIpc) is 2.03. The molecule has 0 heterocycles. The fourth-order valence-electron chi connectivity index (χ4n) is 1.11. The predicted octanol–water partition coefficient (Wildman–Crippen LogP) is 3.45. The number of nitrogens with zero attached hydrogens (tertiary/aromatic N) is 1. The molecule has 1 aromatic carbocycles. The molecule has 0 saturated carbocycles. The van der Waals surface area contributed by atoms with E-state index < -0.39 is 6.43 Å². The Morgan fingerprint density at radius 1 is 1.31 bits per heavy atom. The molecule has 0 unspecified atom stereocenters. The number of halogens is 3. The Hall–Kier alpha value is -0.640. The van der Waals surface area contributed by atoms with Crippen LogP contribution in [0.1, 0.15) is 12.0 Å². The van der Waals surface area contributed by atoms with Crippen LogP contribution in [-0.2, 0) is 0 Å². The third kappa shape index (κ3) is 2.40. The normalized spacial score (nSPS) is 10.6. The van der Waals surface area contributed by atoms with Crippen LogP contribution in [0.25, 0.3) is 0 Å². The maximum atomic E-state index is 12.5. The average molecular weight is 250 g/mol. The standard InChI is InChI=1S/C9H10BrF2N/c1-13(2)8-4-3-6(10)5-7(8)9(11)12/h3-5,9H,1-2H3. The predicted molar refractivity (Wildman–Crippen MR) is 53.4 cm³/mol. The Morgan fingerprint density at radius 2 is 1.92 bits per heavy atom. The molecule has 0 aliphatic heterocycles. The second-order valence-electron chi connectivity index (χ2n) is 2.90. The van der Waals surface area contributed by atoms with E-state index in [0.717, 1.165) is 0 Å². The highest BCUT2D eigenvalue weighted by Gasteiger charge is 2.14. The first-order valence-corrected chi connectivity index (χ1v) is 4.56. The maximum Gasteiger partial charge on any atom is 0.265 e. The molecule has 0 amide bonds. The quantitative estimate of drug-likeness (QED) is 0.776. The summed E-state index contributed by atoms with van der Waals surface area (Å²) in [4.78, 5) is 1.67. The van der Waals surface area contributed by atoms with Crippen molar-refractivity contribution in [3.63, 3.8) is 0 Å². The molecular weight excluding hydrogens is 240 g/mol. The summed E-state index contributed by atoms with van der Waals surface area (Å²) in [7, 11) is 3.49. The molecule has 0 atom stereocenters. The molecule has 0 aromatic heterocycles. The summed E-state index contributed by atoms with van der Waals surface area (Å²) < 4.78 is 25.7. The Morgan fingerprint density at radius 3 is 2.38 bits per heavy atom. The molecular formula is C9H10BrF2N. The van der Waals surface area contributed by atoms with Crippen molar-refractivity contribution in [3.8, 4) is 0 Å². The van der Waals surface area contributed by atoms with Crippen LogP contribution >= 0.6 is 15.9 Å². The summed E-state index contributed by atoms with van der Waals surface area (Å²) in [5.74, 6) is 0. The van der Waals surface area contributed by atoms with Gasteiger partial charge in [0.05, 0.1) is 0 Å². The van der Waals surface area contributed by atoms with Gasteiger partial charge in [0.2, 0.25) is 0 Å². The van der Waals surface area contributed by atoms with Crippen LogP contribution in [0.3, 0.4) is 0 Å². The number of anilines is 1. The molecule has 0 saturated heterocycles. The van der Waals surface area contributed by atoms with Crippen LogP contribution in [-0.4, -0.2) is 14.1 Å². The van der Waals surface area contributed by atoms with Crippen LogP contribution in [0.2, 0.25) is 0 Å². The lowest BCUT2D eigenvalue weighted by Crippen LogP contribution is -2.11. The first-order chi connectivity index (χ1) is 6.02. The molecule has 0 fully saturated rings. The zero-order valence-electron chi connectivity index (χ0n) is 7.39. The molecule has 1 nitrogen and oxygen atoms in total. The number of benzene rings is 1. The van der Waals surface area contributed by atoms with E-state index in [1.165, 1.54) is 6.07 Å². The Labute approximate surface area is 84.5 Å². The molecule has 0 aliphatic rings. The Bertz CT molecular complexity index is 300. The zero-order chi connectivity index (χ0) is 10.0. The van der Waals surface area contributed by atoms with Gasteiger partial charge < -0.3 is 4.90 Å². The number of hydrogen-bond acceptors (Lipinski definition) is 1. The van der Waals surface area contributed by atoms with Crippen molar-refractivity contribution >= 4 is 21.6 Å². The van der Waals surface area contributed by atoms with Gasteiger partial charge in [-0.05, 0) is 18.2 Å². The molecule has 0 aliphatic carbocycles. The van der Waals surface area contributed by atoms with Gasteiger partial charge in [-0.2, -0.15) is 0 Å². The van der Waals surface area contributed by atoms with E-state index in [-0.39, 0.29) is 5.56 Å². The van der Waals surface area contributed by atoms with Crippen molar-refractivity contribution in [3.05, 3.63) is 28.2 Å². The van der Waals surface area contributed by atoms with Gasteiger partial charge in [0.15, 0.2) is 0 Å². The fourth-order valence-corrected chi connectivity index (χ4v) is 1.49. The lowest BCUT2D eigenvalue weighted by molar-refractivity contribution is 0.152. The van der Waals surface area contributed by atoms with Crippen LogP contribution in [0.15, 0.2) is 22.7 Å². The van der Waals surface area contributed by atoms with Crippen LogP contribution in [0.5, 0.6) is 0 Å². The topological polar surface area (TPSA) is 3.24 Å². The largest absolute Gasteiger partial charge is 0.377 e. The molecule has 72 valence electrons. The second kappa shape index (κ2) is 4.05. The smallest absolute Gasteiger partial charge is 0.265 e. The van der Waals surface area contributed by atoms with Crippen molar-refractivity contribution in [2.45, 2.75) is 6.43 Å². The highest BCUT2D eigenvalue weighted by atomic mass is 79.9. The first kappa shape index (κ1) is 10.4. The second-order valence-corrected chi connectivity index (χ2v) is 3.81. The van der Waals surface area contributed by atoms with E-state index in [2.05, 4.69) is 15.9 Å². The zero-order valence-corrected chi connectivity index (χ0v) is 8.98. The minimum absolute atomic E-state index is 0.0550. The monoisotopic (exact) mass is 249 g/mol. The lowest BCUT2D eigenvalue weighted by atomic mass is 10.2. The van der Waals surface area contributed by atoms with Gasteiger partial charge in [0.25, 0.3) is 6.43 Å². The molecule has 1 aromatic rings. The SMILES string of the molecule is CN(C)c1ccc(Br)cc1C(F)F. The van der Waals surface area contributed by atoms with E-state index in [4.69, 9.17) is 0 Å². The molecule has 13 heavy (non-hydrogen) atoms. The number of rotatable bonds is 2. The highest BCUT2D eigenvalue weighted by molar-refractivity contribution is 9.10. The molecule has 0 N–H and O–H groups in total. The maximum absolute atomic E-state index is 12.5. The third-order valence-electron chi connectivity index (χ3n) is 1.71. The van der Waals surface area contributed by atoms with Gasteiger partial charge >= 0.3 is 0 Å². The van der Waals surface area contributed by atoms with Gasteiger partial charge in [-0.15, -0.1) is 0 Å². The molecule has 0 bridgehead atoms. The molecule has 1 rings (SSSR count). The summed E-state index contributed by atoms with van der Waals surface area (Å²) >= 11 is 3.16. The molecule has 0 spiro atoms. The summed E-state index contributed by atoms with van der Waals surface area (Å²) in [5, 5.41) is 0. The van der Waals surface area contributed by atoms with Crippen molar-refractivity contribution in [1.82, 2.24) is 0 Å². The number of hydrogen-bond donors (Lipinski definition) is 0. The van der Waals surface area contributed by atoms with Gasteiger partial charge in [-0.3, -0.25) is 0 Å². The fraction of sp³-hybridized carbons (Fsp3) is 0.333. The van der Waals surface area contributed by atoms with Gasteiger partial charge in [-0.1, -0.05) is 15.9 Å². The van der Waals surface area contributed by atoms with Crippen LogP contribution in [0, 0.1) is 0 Å². The van der Waals surface area contributed by atoms with E-state index in [1.807, 2.05) is 0 Å². The third-order valence-corrected chi connectivity index (χ3v) is 2.20. The summed E-state index contributed by atoms with van der Waals surface area (Å²) in [6.07, 6.45) is -2.44. The van der Waals surface area contributed by atoms with Crippen molar-refractivity contribution in [1.29, 1.82) is 0 Å². The summed E-state index contributed by atoms with van der Waals surface area (Å²) in [6, 6.07) is 4.87. The van der Waals surface area contributed by atoms with Gasteiger partial charge in [0.1, 0.15) is 0 Å². The van der Waals surface area contributed by atoms with Gasteiger partial charge in [-0.25, -0.2) is 8.78 Å². The lowest BCUT2D eigenvalue weighted by Gasteiger charge is -2.17. The van der Waals surface area contributed by atoms with E-state index in [1.54, 1.807) is 31.1 Å². The van der Waals surface area contributed by atoms with Gasteiger partial charge in [0, 0.05) is 29.8 Å². The molecule has 4 heteroatoms. The van der Waals surface area contributed by atoms with Crippen LogP contribution in [0.4, 0.5) is 14.5 Å². The minimum Gasteiger partial charge on any atom is -0.377 e.